The van der Waals surface area contributed by atoms with Gasteiger partial charge in [0.05, 0.1) is 11.0 Å². The van der Waals surface area contributed by atoms with Crippen LogP contribution in [0.4, 0.5) is 0 Å². The van der Waals surface area contributed by atoms with Gasteiger partial charge in [-0.3, -0.25) is 0 Å². The second kappa shape index (κ2) is 5.33. The molecule has 0 aliphatic carbocycles. The summed E-state index contributed by atoms with van der Waals surface area (Å²) in [5.74, 6) is 1.95. The van der Waals surface area contributed by atoms with Gasteiger partial charge in [-0.1, -0.05) is 19.9 Å². The SMILES string of the molecule is Cc1ccc2c(c1)nc(C(CN)C(C)C)n2C(C)C. The molecular weight excluding hydrogens is 234 g/mol. The van der Waals surface area contributed by atoms with Gasteiger partial charge in [-0.05, 0) is 44.4 Å². The van der Waals surface area contributed by atoms with E-state index in [-0.39, 0.29) is 0 Å². The Morgan fingerprint density at radius 2 is 1.89 bits per heavy atom. The highest BCUT2D eigenvalue weighted by Crippen LogP contribution is 2.30. The number of benzene rings is 1. The summed E-state index contributed by atoms with van der Waals surface area (Å²) >= 11 is 0. The van der Waals surface area contributed by atoms with Crippen LogP contribution in [0.3, 0.4) is 0 Å². The maximum Gasteiger partial charge on any atom is 0.114 e. The minimum absolute atomic E-state index is 0.315. The number of fused-ring (bicyclic) bond motifs is 1. The van der Waals surface area contributed by atoms with Crippen molar-refractivity contribution >= 4 is 11.0 Å². The normalized spacial score (nSPS) is 13.7. The number of rotatable bonds is 4. The standard InChI is InChI=1S/C16H25N3/c1-10(2)13(9-17)16-18-14-8-12(5)6-7-15(14)19(16)11(3)4/h6-8,10-11,13H,9,17H2,1-5H3. The predicted octanol–water partition coefficient (Wildman–Crippen LogP) is 3.62. The first-order valence-electron chi connectivity index (χ1n) is 7.14. The number of hydrogen-bond donors (Lipinski definition) is 1. The van der Waals surface area contributed by atoms with Crippen LogP contribution in [0.5, 0.6) is 0 Å². The van der Waals surface area contributed by atoms with Crippen molar-refractivity contribution in [3.63, 3.8) is 0 Å². The Kier molecular flexibility index (Phi) is 3.95. The van der Waals surface area contributed by atoms with Gasteiger partial charge in [0.15, 0.2) is 0 Å². The Balaban J connectivity index is 2.68. The summed E-state index contributed by atoms with van der Waals surface area (Å²) in [6.45, 7) is 11.6. The largest absolute Gasteiger partial charge is 0.330 e. The molecule has 0 aliphatic rings. The zero-order valence-corrected chi connectivity index (χ0v) is 12.6. The molecule has 0 spiro atoms. The molecule has 0 amide bonds. The van der Waals surface area contributed by atoms with Crippen LogP contribution in [-0.2, 0) is 0 Å². The Labute approximate surface area is 115 Å². The number of aryl methyl sites for hydroxylation is 1. The Hall–Kier alpha value is -1.35. The van der Waals surface area contributed by atoms with Crippen LogP contribution in [0.1, 0.15) is 51.0 Å². The molecule has 2 rings (SSSR count). The maximum absolute atomic E-state index is 5.97. The summed E-state index contributed by atoms with van der Waals surface area (Å²) in [7, 11) is 0. The second-order valence-corrected chi connectivity index (χ2v) is 6.01. The maximum atomic E-state index is 5.97. The third-order valence-electron chi connectivity index (χ3n) is 3.78. The van der Waals surface area contributed by atoms with E-state index in [4.69, 9.17) is 10.7 Å². The lowest BCUT2D eigenvalue weighted by Gasteiger charge is -2.22. The summed E-state index contributed by atoms with van der Waals surface area (Å²) in [6, 6.07) is 6.88. The smallest absolute Gasteiger partial charge is 0.114 e. The van der Waals surface area contributed by atoms with Crippen molar-refractivity contribution < 1.29 is 0 Å². The molecule has 0 aliphatic heterocycles. The zero-order valence-electron chi connectivity index (χ0n) is 12.6. The van der Waals surface area contributed by atoms with Gasteiger partial charge >= 0.3 is 0 Å². The fraction of sp³-hybridized carbons (Fsp3) is 0.562. The first-order valence-corrected chi connectivity index (χ1v) is 7.14. The molecule has 19 heavy (non-hydrogen) atoms. The highest BCUT2D eigenvalue weighted by molar-refractivity contribution is 5.77. The van der Waals surface area contributed by atoms with E-state index in [1.54, 1.807) is 0 Å². The molecule has 104 valence electrons. The molecule has 1 aromatic heterocycles. The molecule has 1 atom stereocenters. The first kappa shape index (κ1) is 14.1. The van der Waals surface area contributed by atoms with Crippen molar-refractivity contribution in [1.29, 1.82) is 0 Å². The third kappa shape index (κ3) is 2.52. The van der Waals surface area contributed by atoms with Crippen LogP contribution in [0.15, 0.2) is 18.2 Å². The van der Waals surface area contributed by atoms with Gasteiger partial charge in [-0.15, -0.1) is 0 Å². The highest BCUT2D eigenvalue weighted by Gasteiger charge is 2.23. The second-order valence-electron chi connectivity index (χ2n) is 6.01. The van der Waals surface area contributed by atoms with Crippen molar-refractivity contribution in [3.8, 4) is 0 Å². The molecule has 0 bridgehead atoms. The van der Waals surface area contributed by atoms with E-state index in [1.807, 2.05) is 0 Å². The van der Waals surface area contributed by atoms with Gasteiger partial charge in [0, 0.05) is 18.5 Å². The number of imidazole rings is 1. The van der Waals surface area contributed by atoms with Crippen molar-refractivity contribution in [2.24, 2.45) is 11.7 Å². The zero-order chi connectivity index (χ0) is 14.2. The average molecular weight is 259 g/mol. The molecule has 0 fully saturated rings. The molecule has 1 heterocycles. The summed E-state index contributed by atoms with van der Waals surface area (Å²) in [5.41, 5.74) is 9.53. The van der Waals surface area contributed by atoms with E-state index in [0.29, 0.717) is 24.4 Å². The lowest BCUT2D eigenvalue weighted by atomic mass is 9.95. The minimum Gasteiger partial charge on any atom is -0.330 e. The van der Waals surface area contributed by atoms with Gasteiger partial charge in [0.2, 0.25) is 0 Å². The molecule has 0 radical (unpaired) electrons. The van der Waals surface area contributed by atoms with Gasteiger partial charge < -0.3 is 10.3 Å². The van der Waals surface area contributed by atoms with Gasteiger partial charge in [0.25, 0.3) is 0 Å². The van der Waals surface area contributed by atoms with Crippen LogP contribution in [0.25, 0.3) is 11.0 Å². The molecule has 1 unspecified atom stereocenters. The number of hydrogen-bond acceptors (Lipinski definition) is 2. The van der Waals surface area contributed by atoms with Crippen molar-refractivity contribution in [1.82, 2.24) is 9.55 Å². The van der Waals surface area contributed by atoms with E-state index in [0.717, 1.165) is 11.3 Å². The number of nitrogens with zero attached hydrogens (tertiary/aromatic N) is 2. The summed E-state index contributed by atoms with van der Waals surface area (Å²) < 4.78 is 2.34. The van der Waals surface area contributed by atoms with Crippen molar-refractivity contribution in [2.45, 2.75) is 46.6 Å². The molecule has 0 saturated carbocycles. The van der Waals surface area contributed by atoms with E-state index >= 15 is 0 Å². The monoisotopic (exact) mass is 259 g/mol. The van der Waals surface area contributed by atoms with E-state index in [2.05, 4.69) is 57.4 Å². The summed E-state index contributed by atoms with van der Waals surface area (Å²) in [4.78, 5) is 4.87. The molecule has 3 nitrogen and oxygen atoms in total. The van der Waals surface area contributed by atoms with E-state index in [9.17, 15) is 0 Å². The van der Waals surface area contributed by atoms with Gasteiger partial charge in [-0.25, -0.2) is 4.98 Å². The lowest BCUT2D eigenvalue weighted by Crippen LogP contribution is -2.22. The third-order valence-corrected chi connectivity index (χ3v) is 3.78. The fourth-order valence-electron chi connectivity index (χ4n) is 2.71. The molecule has 2 aromatic rings. The van der Waals surface area contributed by atoms with Crippen LogP contribution in [-0.4, -0.2) is 16.1 Å². The Bertz CT molecular complexity index is 567. The number of aromatic nitrogens is 2. The van der Waals surface area contributed by atoms with E-state index in [1.165, 1.54) is 11.1 Å². The lowest BCUT2D eigenvalue weighted by molar-refractivity contribution is 0.449. The fourth-order valence-corrected chi connectivity index (χ4v) is 2.71. The van der Waals surface area contributed by atoms with Crippen molar-refractivity contribution in [2.75, 3.05) is 6.54 Å². The van der Waals surface area contributed by atoms with Gasteiger partial charge in [-0.2, -0.15) is 0 Å². The Morgan fingerprint density at radius 1 is 1.21 bits per heavy atom. The van der Waals surface area contributed by atoms with Crippen LogP contribution in [0.2, 0.25) is 0 Å². The number of nitrogens with two attached hydrogens (primary N) is 1. The molecular formula is C16H25N3. The highest BCUT2D eigenvalue weighted by atomic mass is 15.1. The van der Waals surface area contributed by atoms with Crippen LogP contribution in [0, 0.1) is 12.8 Å². The molecule has 2 N–H and O–H groups in total. The van der Waals surface area contributed by atoms with Gasteiger partial charge in [0.1, 0.15) is 5.82 Å². The molecule has 0 saturated heterocycles. The molecule has 3 heteroatoms. The quantitative estimate of drug-likeness (QED) is 0.911. The Morgan fingerprint density at radius 3 is 2.42 bits per heavy atom. The average Bonchev–Trinajstić information content (AvgIpc) is 2.67. The van der Waals surface area contributed by atoms with E-state index < -0.39 is 0 Å². The minimum atomic E-state index is 0.315. The predicted molar refractivity (Wildman–Crippen MR) is 81.5 cm³/mol. The van der Waals surface area contributed by atoms with Crippen LogP contribution >= 0.6 is 0 Å². The molecule has 1 aromatic carbocycles. The summed E-state index contributed by atoms with van der Waals surface area (Å²) in [5, 5.41) is 0. The van der Waals surface area contributed by atoms with Crippen LogP contribution < -0.4 is 5.73 Å². The summed E-state index contributed by atoms with van der Waals surface area (Å²) in [6.07, 6.45) is 0. The van der Waals surface area contributed by atoms with Crippen molar-refractivity contribution in [3.05, 3.63) is 29.6 Å². The first-order chi connectivity index (χ1) is 8.95. The topological polar surface area (TPSA) is 43.8 Å².